The van der Waals surface area contributed by atoms with E-state index in [0.29, 0.717) is 4.47 Å². The summed E-state index contributed by atoms with van der Waals surface area (Å²) in [5.41, 5.74) is -1.21. The van der Waals surface area contributed by atoms with E-state index < -0.39 is 23.7 Å². The van der Waals surface area contributed by atoms with Crippen molar-refractivity contribution < 1.29 is 22.7 Å². The summed E-state index contributed by atoms with van der Waals surface area (Å²) in [5.74, 6) is -0.633. The Bertz CT molecular complexity index is 625. The minimum atomic E-state index is -4.59. The van der Waals surface area contributed by atoms with Gasteiger partial charge in [0.05, 0.1) is 5.56 Å². The number of hydrogen-bond donors (Lipinski definition) is 1. The van der Waals surface area contributed by atoms with Crippen molar-refractivity contribution in [2.75, 3.05) is 0 Å². The second kappa shape index (κ2) is 5.54. The van der Waals surface area contributed by atoms with E-state index in [9.17, 15) is 22.7 Å². The van der Waals surface area contributed by atoms with Crippen LogP contribution in [0.25, 0.3) is 0 Å². The van der Waals surface area contributed by atoms with E-state index in [-0.39, 0.29) is 11.1 Å². The summed E-state index contributed by atoms with van der Waals surface area (Å²) in [5, 5.41) is 10.1. The second-order valence-corrected chi connectivity index (χ2v) is 5.01. The lowest BCUT2D eigenvalue weighted by Gasteiger charge is -2.18. The van der Waals surface area contributed by atoms with Crippen LogP contribution in [0.2, 0.25) is 0 Å². The zero-order valence-corrected chi connectivity index (χ0v) is 11.5. The van der Waals surface area contributed by atoms with Crippen molar-refractivity contribution in [1.29, 1.82) is 0 Å². The lowest BCUT2D eigenvalue weighted by atomic mass is 9.96. The molecule has 0 spiro atoms. The van der Waals surface area contributed by atoms with E-state index in [2.05, 4.69) is 15.9 Å². The molecule has 106 valence electrons. The van der Waals surface area contributed by atoms with Gasteiger partial charge in [-0.1, -0.05) is 34.1 Å². The topological polar surface area (TPSA) is 20.2 Å². The van der Waals surface area contributed by atoms with Gasteiger partial charge in [0.25, 0.3) is 0 Å². The van der Waals surface area contributed by atoms with Crippen molar-refractivity contribution in [3.63, 3.8) is 0 Å². The molecule has 1 atom stereocenters. The van der Waals surface area contributed by atoms with Crippen LogP contribution in [-0.4, -0.2) is 5.11 Å². The summed E-state index contributed by atoms with van der Waals surface area (Å²) in [7, 11) is 0. The maximum absolute atomic E-state index is 13.2. The van der Waals surface area contributed by atoms with Gasteiger partial charge in [-0.25, -0.2) is 4.39 Å². The zero-order chi connectivity index (χ0) is 14.9. The monoisotopic (exact) mass is 348 g/mol. The lowest BCUT2D eigenvalue weighted by Crippen LogP contribution is -2.13. The zero-order valence-electron chi connectivity index (χ0n) is 9.96. The molecule has 1 N–H and O–H groups in total. The molecule has 0 amide bonds. The molecule has 0 aliphatic rings. The third-order valence-electron chi connectivity index (χ3n) is 2.81. The molecule has 2 rings (SSSR count). The Labute approximate surface area is 121 Å². The number of aliphatic hydroxyl groups is 1. The second-order valence-electron chi connectivity index (χ2n) is 4.15. The first-order valence-electron chi connectivity index (χ1n) is 5.60. The molecule has 0 aliphatic heterocycles. The maximum Gasteiger partial charge on any atom is 0.416 e. The highest BCUT2D eigenvalue weighted by Gasteiger charge is 2.35. The van der Waals surface area contributed by atoms with Crippen molar-refractivity contribution in [3.8, 4) is 0 Å². The van der Waals surface area contributed by atoms with Gasteiger partial charge in [0.2, 0.25) is 0 Å². The highest BCUT2D eigenvalue weighted by Crippen LogP contribution is 2.38. The SMILES string of the molecule is OC(c1cc(F)ccc1Br)c1ccccc1C(F)(F)F. The standard InChI is InChI=1S/C14H9BrF4O/c15-12-6-5-8(16)7-10(12)13(20)9-3-1-2-4-11(9)14(17,18)19/h1-7,13,20H. The average Bonchev–Trinajstić information content (AvgIpc) is 2.40. The number of hydrogen-bond acceptors (Lipinski definition) is 1. The van der Waals surface area contributed by atoms with Gasteiger partial charge in [-0.3, -0.25) is 0 Å². The van der Waals surface area contributed by atoms with E-state index >= 15 is 0 Å². The van der Waals surface area contributed by atoms with Crippen molar-refractivity contribution in [3.05, 3.63) is 69.4 Å². The summed E-state index contributed by atoms with van der Waals surface area (Å²) in [6.07, 6.45) is -6.16. The highest BCUT2D eigenvalue weighted by molar-refractivity contribution is 9.10. The summed E-state index contributed by atoms with van der Waals surface area (Å²) >= 11 is 3.10. The molecule has 20 heavy (non-hydrogen) atoms. The van der Waals surface area contributed by atoms with Crippen LogP contribution in [0.15, 0.2) is 46.9 Å². The van der Waals surface area contributed by atoms with E-state index in [4.69, 9.17) is 0 Å². The number of halogens is 5. The van der Waals surface area contributed by atoms with E-state index in [1.54, 1.807) is 0 Å². The molecule has 0 fully saturated rings. The largest absolute Gasteiger partial charge is 0.416 e. The Morgan fingerprint density at radius 1 is 1.00 bits per heavy atom. The Hall–Kier alpha value is -1.40. The quantitative estimate of drug-likeness (QED) is 0.780. The number of benzene rings is 2. The Kier molecular flexibility index (Phi) is 4.15. The number of aliphatic hydroxyl groups excluding tert-OH is 1. The molecule has 0 aliphatic carbocycles. The van der Waals surface area contributed by atoms with E-state index in [1.807, 2.05) is 0 Å². The van der Waals surface area contributed by atoms with Crippen LogP contribution < -0.4 is 0 Å². The van der Waals surface area contributed by atoms with Crippen LogP contribution in [0.1, 0.15) is 22.8 Å². The lowest BCUT2D eigenvalue weighted by molar-refractivity contribution is -0.139. The summed E-state index contributed by atoms with van der Waals surface area (Å²) < 4.78 is 52.3. The van der Waals surface area contributed by atoms with Crippen LogP contribution in [-0.2, 0) is 6.18 Å². The van der Waals surface area contributed by atoms with Crippen molar-refractivity contribution in [2.24, 2.45) is 0 Å². The van der Waals surface area contributed by atoms with Crippen molar-refractivity contribution in [1.82, 2.24) is 0 Å². The fourth-order valence-electron chi connectivity index (χ4n) is 1.89. The summed E-state index contributed by atoms with van der Waals surface area (Å²) in [4.78, 5) is 0. The minimum Gasteiger partial charge on any atom is -0.384 e. The molecule has 0 heterocycles. The van der Waals surface area contributed by atoms with Gasteiger partial charge in [-0.2, -0.15) is 13.2 Å². The third-order valence-corrected chi connectivity index (χ3v) is 3.54. The molecule has 2 aromatic rings. The third kappa shape index (κ3) is 3.02. The number of rotatable bonds is 2. The van der Waals surface area contributed by atoms with Crippen LogP contribution in [0.3, 0.4) is 0 Å². The van der Waals surface area contributed by atoms with Gasteiger partial charge >= 0.3 is 6.18 Å². The first-order valence-corrected chi connectivity index (χ1v) is 6.39. The Morgan fingerprint density at radius 3 is 2.30 bits per heavy atom. The van der Waals surface area contributed by atoms with Crippen LogP contribution in [0.4, 0.5) is 17.6 Å². The van der Waals surface area contributed by atoms with Crippen LogP contribution >= 0.6 is 15.9 Å². The molecule has 0 aromatic heterocycles. The molecule has 1 nitrogen and oxygen atoms in total. The fraction of sp³-hybridized carbons (Fsp3) is 0.143. The predicted molar refractivity (Wildman–Crippen MR) is 69.6 cm³/mol. The molecule has 0 radical (unpaired) electrons. The first-order chi connectivity index (χ1) is 9.30. The average molecular weight is 349 g/mol. The fourth-order valence-corrected chi connectivity index (χ4v) is 2.35. The van der Waals surface area contributed by atoms with E-state index in [1.165, 1.54) is 24.3 Å². The van der Waals surface area contributed by atoms with Gasteiger partial charge in [0.1, 0.15) is 11.9 Å². The molecule has 0 saturated heterocycles. The van der Waals surface area contributed by atoms with Gasteiger partial charge < -0.3 is 5.11 Å². The Morgan fingerprint density at radius 2 is 1.65 bits per heavy atom. The normalized spacial score (nSPS) is 13.3. The maximum atomic E-state index is 13.2. The van der Waals surface area contributed by atoms with Gasteiger partial charge in [-0.15, -0.1) is 0 Å². The molecular formula is C14H9BrF4O. The van der Waals surface area contributed by atoms with Crippen LogP contribution in [0, 0.1) is 5.82 Å². The summed E-state index contributed by atoms with van der Waals surface area (Å²) in [6, 6.07) is 8.17. The van der Waals surface area contributed by atoms with Crippen LogP contribution in [0.5, 0.6) is 0 Å². The summed E-state index contributed by atoms with van der Waals surface area (Å²) in [6.45, 7) is 0. The first kappa shape index (κ1) is 15.0. The highest BCUT2D eigenvalue weighted by atomic mass is 79.9. The molecule has 6 heteroatoms. The van der Waals surface area contributed by atoms with Gasteiger partial charge in [-0.05, 0) is 29.8 Å². The molecular weight excluding hydrogens is 340 g/mol. The predicted octanol–water partition coefficient (Wildman–Crippen LogP) is 4.69. The minimum absolute atomic E-state index is 0.0432. The van der Waals surface area contributed by atoms with Gasteiger partial charge in [0, 0.05) is 10.0 Å². The van der Waals surface area contributed by atoms with Crippen molar-refractivity contribution >= 4 is 15.9 Å². The van der Waals surface area contributed by atoms with Crippen molar-refractivity contribution in [2.45, 2.75) is 12.3 Å². The molecule has 0 bridgehead atoms. The molecule has 1 unspecified atom stereocenters. The molecule has 0 saturated carbocycles. The van der Waals surface area contributed by atoms with Gasteiger partial charge in [0.15, 0.2) is 0 Å². The number of alkyl halides is 3. The molecule has 2 aromatic carbocycles. The Balaban J connectivity index is 2.54. The van der Waals surface area contributed by atoms with E-state index in [0.717, 1.165) is 18.2 Å². The smallest absolute Gasteiger partial charge is 0.384 e.